The molecular weight excluding hydrogens is 204 g/mol. The van der Waals surface area contributed by atoms with Crippen LogP contribution in [0.15, 0.2) is 17.1 Å². The molecule has 0 bridgehead atoms. The highest BCUT2D eigenvalue weighted by Crippen LogP contribution is 2.23. The maximum atomic E-state index is 11.6. The molecular formula is C11H14N4O. The summed E-state index contributed by atoms with van der Waals surface area (Å²) in [5, 5.41) is 15.7. The predicted octanol–water partition coefficient (Wildman–Crippen LogP) is 1.12. The summed E-state index contributed by atoms with van der Waals surface area (Å²) in [6.07, 6.45) is 5.14. The van der Waals surface area contributed by atoms with E-state index in [-0.39, 0.29) is 5.56 Å². The summed E-state index contributed by atoms with van der Waals surface area (Å²) in [5.74, 6) is 0. The van der Waals surface area contributed by atoms with Crippen molar-refractivity contribution < 1.29 is 0 Å². The van der Waals surface area contributed by atoms with Crippen LogP contribution in [0.2, 0.25) is 0 Å². The lowest BCUT2D eigenvalue weighted by molar-refractivity contribution is 0.554. The van der Waals surface area contributed by atoms with Gasteiger partial charge in [0, 0.05) is 25.1 Å². The van der Waals surface area contributed by atoms with Crippen molar-refractivity contribution in [3.05, 3.63) is 22.6 Å². The van der Waals surface area contributed by atoms with E-state index in [0.717, 1.165) is 5.69 Å². The number of nitrogens with one attached hydrogen (secondary N) is 1. The lowest BCUT2D eigenvalue weighted by Crippen LogP contribution is -2.22. The molecule has 0 atom stereocenters. The summed E-state index contributed by atoms with van der Waals surface area (Å²) < 4.78 is 1.40. The van der Waals surface area contributed by atoms with Crippen molar-refractivity contribution in [1.29, 1.82) is 5.26 Å². The average Bonchev–Trinajstić information content (AvgIpc) is 3.05. The van der Waals surface area contributed by atoms with Crippen molar-refractivity contribution in [2.24, 2.45) is 0 Å². The van der Waals surface area contributed by atoms with Crippen molar-refractivity contribution in [1.82, 2.24) is 9.78 Å². The molecule has 0 saturated heterocycles. The van der Waals surface area contributed by atoms with Crippen molar-refractivity contribution in [3.8, 4) is 6.07 Å². The molecule has 0 aromatic carbocycles. The van der Waals surface area contributed by atoms with E-state index in [0.29, 0.717) is 25.4 Å². The summed E-state index contributed by atoms with van der Waals surface area (Å²) in [4.78, 5) is 11.6. The second kappa shape index (κ2) is 4.79. The fraction of sp³-hybridized carbons (Fsp3) is 0.545. The van der Waals surface area contributed by atoms with Gasteiger partial charge in [-0.3, -0.25) is 4.79 Å². The van der Waals surface area contributed by atoms with Gasteiger partial charge in [-0.2, -0.15) is 10.4 Å². The summed E-state index contributed by atoms with van der Waals surface area (Å²) >= 11 is 0. The lowest BCUT2D eigenvalue weighted by atomic mass is 10.3. The van der Waals surface area contributed by atoms with Crippen LogP contribution in [0, 0.1) is 11.3 Å². The zero-order valence-electron chi connectivity index (χ0n) is 9.02. The van der Waals surface area contributed by atoms with E-state index in [2.05, 4.69) is 10.4 Å². The number of hydrogen-bond acceptors (Lipinski definition) is 4. The number of anilines is 1. The van der Waals surface area contributed by atoms with E-state index in [1.165, 1.54) is 17.5 Å². The zero-order valence-corrected chi connectivity index (χ0v) is 9.02. The Morgan fingerprint density at radius 3 is 3.06 bits per heavy atom. The van der Waals surface area contributed by atoms with Gasteiger partial charge in [0.25, 0.3) is 5.56 Å². The number of aryl methyl sites for hydroxylation is 1. The molecule has 1 aromatic rings. The third-order valence-corrected chi connectivity index (χ3v) is 2.48. The number of unbranched alkanes of at least 4 members (excludes halogenated alkanes) is 1. The van der Waals surface area contributed by atoms with Gasteiger partial charge in [0.05, 0.1) is 18.0 Å². The summed E-state index contributed by atoms with van der Waals surface area (Å²) in [6.45, 7) is 0.510. The molecule has 5 nitrogen and oxygen atoms in total. The number of rotatable bonds is 5. The second-order valence-corrected chi connectivity index (χ2v) is 3.99. The molecule has 0 unspecified atom stereocenters. The predicted molar refractivity (Wildman–Crippen MR) is 60.0 cm³/mol. The molecule has 0 radical (unpaired) electrons. The molecule has 0 aliphatic heterocycles. The Bertz CT molecular complexity index is 456. The van der Waals surface area contributed by atoms with Gasteiger partial charge in [0.2, 0.25) is 0 Å². The van der Waals surface area contributed by atoms with E-state index in [1.807, 2.05) is 6.07 Å². The van der Waals surface area contributed by atoms with Crippen molar-refractivity contribution >= 4 is 5.69 Å². The Kier molecular flexibility index (Phi) is 3.20. The van der Waals surface area contributed by atoms with Gasteiger partial charge in [-0.15, -0.1) is 0 Å². The first-order chi connectivity index (χ1) is 7.79. The maximum absolute atomic E-state index is 11.6. The van der Waals surface area contributed by atoms with E-state index in [9.17, 15) is 4.79 Å². The van der Waals surface area contributed by atoms with Gasteiger partial charge in [0.15, 0.2) is 0 Å². The summed E-state index contributed by atoms with van der Waals surface area (Å²) in [6, 6.07) is 4.14. The smallest absolute Gasteiger partial charge is 0.268 e. The number of hydrogen-bond donors (Lipinski definition) is 1. The first kappa shape index (κ1) is 10.7. The summed E-state index contributed by atoms with van der Waals surface area (Å²) in [7, 11) is 0. The van der Waals surface area contributed by atoms with Crippen LogP contribution in [0.1, 0.15) is 25.7 Å². The normalized spacial score (nSPS) is 14.4. The standard InChI is InChI=1S/C11H14N4O/c12-5-1-2-6-15-11(16)7-10(8-13-15)14-9-3-4-9/h7-9,14H,1-4,6H2. The van der Waals surface area contributed by atoms with Crippen molar-refractivity contribution in [2.45, 2.75) is 38.3 Å². The average molecular weight is 218 g/mol. The van der Waals surface area contributed by atoms with Crippen LogP contribution in [0.4, 0.5) is 5.69 Å². The third-order valence-electron chi connectivity index (χ3n) is 2.48. The molecule has 1 heterocycles. The molecule has 0 spiro atoms. The highest BCUT2D eigenvalue weighted by molar-refractivity contribution is 5.41. The molecule has 1 aliphatic carbocycles. The van der Waals surface area contributed by atoms with E-state index in [1.54, 1.807) is 12.3 Å². The molecule has 84 valence electrons. The molecule has 5 heteroatoms. The maximum Gasteiger partial charge on any atom is 0.268 e. The fourth-order valence-electron chi connectivity index (χ4n) is 1.45. The number of aromatic nitrogens is 2. The number of nitrogens with zero attached hydrogens (tertiary/aromatic N) is 3. The van der Waals surface area contributed by atoms with Gasteiger partial charge in [-0.25, -0.2) is 4.68 Å². The zero-order chi connectivity index (χ0) is 11.4. The van der Waals surface area contributed by atoms with Crippen LogP contribution in [0.25, 0.3) is 0 Å². The summed E-state index contributed by atoms with van der Waals surface area (Å²) in [5.41, 5.74) is 0.688. The minimum absolute atomic E-state index is 0.108. The molecule has 0 amide bonds. The van der Waals surface area contributed by atoms with Crippen LogP contribution >= 0.6 is 0 Å². The highest BCUT2D eigenvalue weighted by atomic mass is 16.1. The van der Waals surface area contributed by atoms with E-state index in [4.69, 9.17) is 5.26 Å². The minimum atomic E-state index is -0.108. The van der Waals surface area contributed by atoms with Crippen LogP contribution in [-0.4, -0.2) is 15.8 Å². The van der Waals surface area contributed by atoms with E-state index >= 15 is 0 Å². The first-order valence-electron chi connectivity index (χ1n) is 5.50. The van der Waals surface area contributed by atoms with E-state index < -0.39 is 0 Å². The molecule has 1 saturated carbocycles. The first-order valence-corrected chi connectivity index (χ1v) is 5.50. The Hall–Kier alpha value is -1.83. The molecule has 1 aliphatic rings. The Labute approximate surface area is 93.7 Å². The highest BCUT2D eigenvalue weighted by Gasteiger charge is 2.20. The Morgan fingerprint density at radius 2 is 2.44 bits per heavy atom. The van der Waals surface area contributed by atoms with Gasteiger partial charge < -0.3 is 5.32 Å². The lowest BCUT2D eigenvalue weighted by Gasteiger charge is -2.06. The van der Waals surface area contributed by atoms with Gasteiger partial charge in [0.1, 0.15) is 0 Å². The Morgan fingerprint density at radius 1 is 1.62 bits per heavy atom. The fourth-order valence-corrected chi connectivity index (χ4v) is 1.45. The minimum Gasteiger partial charge on any atom is -0.381 e. The third kappa shape index (κ3) is 2.83. The van der Waals surface area contributed by atoms with Crippen LogP contribution in [0.5, 0.6) is 0 Å². The Balaban J connectivity index is 1.98. The molecule has 2 rings (SSSR count). The molecule has 1 N–H and O–H groups in total. The number of nitriles is 1. The van der Waals surface area contributed by atoms with Crippen LogP contribution < -0.4 is 10.9 Å². The molecule has 1 aromatic heterocycles. The van der Waals surface area contributed by atoms with Crippen LogP contribution in [-0.2, 0) is 6.54 Å². The monoisotopic (exact) mass is 218 g/mol. The molecule has 16 heavy (non-hydrogen) atoms. The SMILES string of the molecule is N#CCCCn1ncc(NC2CC2)cc1=O. The second-order valence-electron chi connectivity index (χ2n) is 3.99. The quantitative estimate of drug-likeness (QED) is 0.752. The van der Waals surface area contributed by atoms with Gasteiger partial charge >= 0.3 is 0 Å². The van der Waals surface area contributed by atoms with Gasteiger partial charge in [-0.1, -0.05) is 0 Å². The largest absolute Gasteiger partial charge is 0.381 e. The van der Waals surface area contributed by atoms with Gasteiger partial charge in [-0.05, 0) is 19.3 Å². The topological polar surface area (TPSA) is 70.7 Å². The van der Waals surface area contributed by atoms with Crippen LogP contribution in [0.3, 0.4) is 0 Å². The van der Waals surface area contributed by atoms with Crippen molar-refractivity contribution in [2.75, 3.05) is 5.32 Å². The van der Waals surface area contributed by atoms with Crippen molar-refractivity contribution in [3.63, 3.8) is 0 Å². The molecule has 1 fully saturated rings.